The van der Waals surface area contributed by atoms with Crippen LogP contribution in [0.5, 0.6) is 0 Å². The molecule has 2 atom stereocenters. The van der Waals surface area contributed by atoms with Gasteiger partial charge in [0.15, 0.2) is 0 Å². The SMILES string of the molecule is COC(=O)[C@]1(C)C(=O)CC[C@H]1C. The lowest BCUT2D eigenvalue weighted by molar-refractivity contribution is -0.157. The highest BCUT2D eigenvalue weighted by molar-refractivity contribution is 6.05. The number of carbonyl (C=O) groups excluding carboxylic acids is 2. The maximum absolute atomic E-state index is 11.4. The second-order valence-corrected chi connectivity index (χ2v) is 3.56. The number of carbonyl (C=O) groups is 2. The Labute approximate surface area is 72.1 Å². The molecule has 1 fully saturated rings. The molecular weight excluding hydrogens is 156 g/mol. The van der Waals surface area contributed by atoms with Crippen LogP contribution in [-0.2, 0) is 14.3 Å². The van der Waals surface area contributed by atoms with Crippen molar-refractivity contribution in [2.24, 2.45) is 11.3 Å². The number of Topliss-reactive ketones (excluding diaryl/α,β-unsaturated/α-hetero) is 1. The number of esters is 1. The van der Waals surface area contributed by atoms with Crippen molar-refractivity contribution in [3.05, 3.63) is 0 Å². The molecule has 0 aromatic carbocycles. The molecule has 0 bridgehead atoms. The zero-order valence-corrected chi connectivity index (χ0v) is 7.72. The van der Waals surface area contributed by atoms with Crippen LogP contribution < -0.4 is 0 Å². The third-order valence-electron chi connectivity index (χ3n) is 2.98. The van der Waals surface area contributed by atoms with Gasteiger partial charge >= 0.3 is 5.97 Å². The summed E-state index contributed by atoms with van der Waals surface area (Å²) in [5.41, 5.74) is -0.880. The maximum atomic E-state index is 11.4. The first-order valence-corrected chi connectivity index (χ1v) is 4.15. The lowest BCUT2D eigenvalue weighted by atomic mass is 9.80. The average Bonchev–Trinajstić information content (AvgIpc) is 2.32. The molecule has 0 heterocycles. The molecule has 68 valence electrons. The third kappa shape index (κ3) is 1.04. The lowest BCUT2D eigenvalue weighted by Crippen LogP contribution is -2.37. The van der Waals surface area contributed by atoms with Gasteiger partial charge in [-0.2, -0.15) is 0 Å². The number of methoxy groups -OCH3 is 1. The predicted molar refractivity (Wildman–Crippen MR) is 43.5 cm³/mol. The van der Waals surface area contributed by atoms with Crippen LogP contribution in [0.4, 0.5) is 0 Å². The maximum Gasteiger partial charge on any atom is 0.319 e. The van der Waals surface area contributed by atoms with Gasteiger partial charge in [-0.05, 0) is 19.3 Å². The van der Waals surface area contributed by atoms with Gasteiger partial charge in [-0.3, -0.25) is 9.59 Å². The van der Waals surface area contributed by atoms with E-state index in [-0.39, 0.29) is 11.7 Å². The van der Waals surface area contributed by atoms with Crippen molar-refractivity contribution in [2.75, 3.05) is 7.11 Å². The van der Waals surface area contributed by atoms with E-state index in [4.69, 9.17) is 0 Å². The molecule has 0 amide bonds. The Kier molecular flexibility index (Phi) is 2.22. The van der Waals surface area contributed by atoms with Gasteiger partial charge in [0.1, 0.15) is 11.2 Å². The molecule has 12 heavy (non-hydrogen) atoms. The van der Waals surface area contributed by atoms with E-state index in [0.29, 0.717) is 6.42 Å². The van der Waals surface area contributed by atoms with Gasteiger partial charge in [-0.1, -0.05) is 6.92 Å². The Hall–Kier alpha value is -0.860. The second kappa shape index (κ2) is 2.88. The molecule has 0 aliphatic heterocycles. The van der Waals surface area contributed by atoms with Gasteiger partial charge in [0, 0.05) is 6.42 Å². The summed E-state index contributed by atoms with van der Waals surface area (Å²) >= 11 is 0. The van der Waals surface area contributed by atoms with Gasteiger partial charge < -0.3 is 4.74 Å². The molecule has 1 aliphatic carbocycles. The van der Waals surface area contributed by atoms with Crippen LogP contribution in [0, 0.1) is 11.3 Å². The topological polar surface area (TPSA) is 43.4 Å². The standard InChI is InChI=1S/C9H14O3/c1-6-4-5-7(10)9(6,2)8(11)12-3/h6H,4-5H2,1-3H3/t6-,9+/m1/s1. The van der Waals surface area contributed by atoms with Crippen LogP contribution in [0.25, 0.3) is 0 Å². The molecular formula is C9H14O3. The Bertz CT molecular complexity index is 222. The summed E-state index contributed by atoms with van der Waals surface area (Å²) in [5.74, 6) is -0.267. The normalized spacial score (nSPS) is 35.2. The third-order valence-corrected chi connectivity index (χ3v) is 2.98. The summed E-state index contributed by atoms with van der Waals surface area (Å²) < 4.78 is 4.62. The highest BCUT2D eigenvalue weighted by Gasteiger charge is 2.50. The number of ketones is 1. The Morgan fingerprint density at radius 1 is 1.67 bits per heavy atom. The van der Waals surface area contributed by atoms with E-state index in [9.17, 15) is 9.59 Å². The van der Waals surface area contributed by atoms with Crippen LogP contribution in [0.3, 0.4) is 0 Å². The van der Waals surface area contributed by atoms with Crippen LogP contribution >= 0.6 is 0 Å². The lowest BCUT2D eigenvalue weighted by Gasteiger charge is -2.23. The minimum absolute atomic E-state index is 0.0156. The number of hydrogen-bond acceptors (Lipinski definition) is 3. The number of rotatable bonds is 1. The van der Waals surface area contributed by atoms with E-state index in [1.807, 2.05) is 6.92 Å². The van der Waals surface area contributed by atoms with E-state index in [0.717, 1.165) is 6.42 Å². The van der Waals surface area contributed by atoms with Gasteiger partial charge in [0.2, 0.25) is 0 Å². The molecule has 0 saturated heterocycles. The fourth-order valence-electron chi connectivity index (χ4n) is 1.70. The van der Waals surface area contributed by atoms with E-state index >= 15 is 0 Å². The first-order valence-electron chi connectivity index (χ1n) is 4.15. The van der Waals surface area contributed by atoms with Crippen molar-refractivity contribution >= 4 is 11.8 Å². The van der Waals surface area contributed by atoms with Crippen LogP contribution in [0.15, 0.2) is 0 Å². The first kappa shape index (κ1) is 9.23. The molecule has 1 rings (SSSR count). The first-order chi connectivity index (χ1) is 5.53. The zero-order chi connectivity index (χ0) is 9.35. The summed E-state index contributed by atoms with van der Waals surface area (Å²) in [4.78, 5) is 22.7. The van der Waals surface area contributed by atoms with Crippen LogP contribution in [0.2, 0.25) is 0 Å². The molecule has 1 saturated carbocycles. The zero-order valence-electron chi connectivity index (χ0n) is 7.72. The van der Waals surface area contributed by atoms with Gasteiger partial charge in [0.05, 0.1) is 7.11 Å². The average molecular weight is 170 g/mol. The highest BCUT2D eigenvalue weighted by atomic mass is 16.5. The molecule has 1 aliphatic rings. The van der Waals surface area contributed by atoms with Gasteiger partial charge in [-0.25, -0.2) is 0 Å². The summed E-state index contributed by atoms with van der Waals surface area (Å²) in [6, 6.07) is 0. The quantitative estimate of drug-likeness (QED) is 0.438. The molecule has 0 N–H and O–H groups in total. The molecule has 0 radical (unpaired) electrons. The van der Waals surface area contributed by atoms with E-state index in [2.05, 4.69) is 4.74 Å². The molecule has 0 aromatic heterocycles. The van der Waals surface area contributed by atoms with Crippen molar-refractivity contribution in [1.82, 2.24) is 0 Å². The van der Waals surface area contributed by atoms with Gasteiger partial charge in [-0.15, -0.1) is 0 Å². The van der Waals surface area contributed by atoms with Gasteiger partial charge in [0.25, 0.3) is 0 Å². The molecule has 0 unspecified atom stereocenters. The largest absolute Gasteiger partial charge is 0.468 e. The van der Waals surface area contributed by atoms with Crippen LogP contribution in [0.1, 0.15) is 26.7 Å². The predicted octanol–water partition coefficient (Wildman–Crippen LogP) is 1.16. The fourth-order valence-corrected chi connectivity index (χ4v) is 1.70. The molecule has 3 nitrogen and oxygen atoms in total. The van der Waals surface area contributed by atoms with E-state index in [1.165, 1.54) is 7.11 Å². The van der Waals surface area contributed by atoms with Crippen molar-refractivity contribution in [3.8, 4) is 0 Å². The Morgan fingerprint density at radius 3 is 2.58 bits per heavy atom. The molecule has 0 aromatic rings. The van der Waals surface area contributed by atoms with Crippen molar-refractivity contribution < 1.29 is 14.3 Å². The van der Waals surface area contributed by atoms with E-state index < -0.39 is 11.4 Å². The minimum atomic E-state index is -0.880. The van der Waals surface area contributed by atoms with Crippen LogP contribution in [-0.4, -0.2) is 18.9 Å². The fraction of sp³-hybridized carbons (Fsp3) is 0.778. The second-order valence-electron chi connectivity index (χ2n) is 3.56. The highest BCUT2D eigenvalue weighted by Crippen LogP contribution is 2.40. The summed E-state index contributed by atoms with van der Waals surface area (Å²) in [7, 11) is 1.33. The Morgan fingerprint density at radius 2 is 2.25 bits per heavy atom. The molecule has 3 heteroatoms. The monoisotopic (exact) mass is 170 g/mol. The summed E-state index contributed by atoms with van der Waals surface area (Å²) in [6.07, 6.45) is 1.30. The van der Waals surface area contributed by atoms with Crippen molar-refractivity contribution in [2.45, 2.75) is 26.7 Å². The Balaban J connectivity index is 2.94. The summed E-state index contributed by atoms with van der Waals surface area (Å²) in [6.45, 7) is 3.60. The van der Waals surface area contributed by atoms with Crippen molar-refractivity contribution in [3.63, 3.8) is 0 Å². The smallest absolute Gasteiger partial charge is 0.319 e. The number of hydrogen-bond donors (Lipinski definition) is 0. The molecule has 0 spiro atoms. The summed E-state index contributed by atoms with van der Waals surface area (Å²) in [5, 5.41) is 0. The van der Waals surface area contributed by atoms with Crippen molar-refractivity contribution in [1.29, 1.82) is 0 Å². The van der Waals surface area contributed by atoms with E-state index in [1.54, 1.807) is 6.92 Å². The number of ether oxygens (including phenoxy) is 1. The minimum Gasteiger partial charge on any atom is -0.468 e.